The van der Waals surface area contributed by atoms with Gasteiger partial charge >= 0.3 is 17.9 Å². The van der Waals surface area contributed by atoms with Gasteiger partial charge in [-0.25, -0.2) is 0 Å². The number of esters is 3. The summed E-state index contributed by atoms with van der Waals surface area (Å²) in [6.45, 7) is 7.07. The van der Waals surface area contributed by atoms with Crippen molar-refractivity contribution in [3.05, 3.63) is 48.6 Å². The maximum absolute atomic E-state index is 11.4. The van der Waals surface area contributed by atoms with Gasteiger partial charge in [0.25, 0.3) is 0 Å². The summed E-state index contributed by atoms with van der Waals surface area (Å²) in [5.74, 6) is -0.928. The number of ether oxygens (including phenoxy) is 3. The largest absolute Gasteiger partial charge is 0.466 e. The zero-order chi connectivity index (χ0) is 24.0. The first-order valence-electron chi connectivity index (χ1n) is 11.6. The van der Waals surface area contributed by atoms with Crippen molar-refractivity contribution in [2.24, 2.45) is 0 Å². The molecule has 0 heterocycles. The fraction of sp³-hybridized carbons (Fsp3) is 0.577. The molecular formula is C26H40O6. The van der Waals surface area contributed by atoms with Crippen molar-refractivity contribution in [1.29, 1.82) is 0 Å². The van der Waals surface area contributed by atoms with Gasteiger partial charge in [0.15, 0.2) is 0 Å². The molecule has 0 radical (unpaired) electrons. The number of hydrogen-bond acceptors (Lipinski definition) is 6. The molecule has 2 unspecified atom stereocenters. The molecule has 0 saturated heterocycles. The molecule has 6 heteroatoms. The fourth-order valence-electron chi connectivity index (χ4n) is 2.83. The smallest absolute Gasteiger partial charge is 0.305 e. The van der Waals surface area contributed by atoms with E-state index < -0.39 is 6.10 Å². The Balaban J connectivity index is 4.61. The molecule has 0 saturated carbocycles. The second-order valence-corrected chi connectivity index (χ2v) is 7.35. The van der Waals surface area contributed by atoms with Crippen LogP contribution >= 0.6 is 0 Å². The Kier molecular flexibility index (Phi) is 18.6. The average molecular weight is 449 g/mol. The molecule has 0 aliphatic heterocycles. The van der Waals surface area contributed by atoms with Crippen LogP contribution in [-0.4, -0.2) is 36.7 Å². The van der Waals surface area contributed by atoms with Gasteiger partial charge in [-0.15, -0.1) is 0 Å². The number of carbonyl (C=O) groups is 3. The van der Waals surface area contributed by atoms with E-state index in [4.69, 9.17) is 14.2 Å². The summed E-state index contributed by atoms with van der Waals surface area (Å²) in [5.41, 5.74) is 0. The van der Waals surface area contributed by atoms with Gasteiger partial charge in [-0.05, 0) is 44.8 Å². The Morgan fingerprint density at radius 1 is 0.781 bits per heavy atom. The van der Waals surface area contributed by atoms with E-state index in [1.165, 1.54) is 33.1 Å². The minimum Gasteiger partial charge on any atom is -0.466 e. The Labute approximate surface area is 193 Å². The molecule has 0 bridgehead atoms. The number of hydrogen-bond donors (Lipinski definition) is 0. The first-order valence-corrected chi connectivity index (χ1v) is 11.6. The van der Waals surface area contributed by atoms with Gasteiger partial charge in [0.2, 0.25) is 0 Å². The molecule has 0 aromatic heterocycles. The van der Waals surface area contributed by atoms with E-state index in [0.717, 1.165) is 6.42 Å². The van der Waals surface area contributed by atoms with Crippen LogP contribution in [0.4, 0.5) is 0 Å². The molecule has 0 aromatic rings. The van der Waals surface area contributed by atoms with E-state index in [-0.39, 0.29) is 24.0 Å². The monoisotopic (exact) mass is 448 g/mol. The van der Waals surface area contributed by atoms with Crippen LogP contribution in [0.25, 0.3) is 0 Å². The van der Waals surface area contributed by atoms with E-state index in [1.54, 1.807) is 19.1 Å². The SMILES string of the molecule is CCCCCC=CCC(C=CC=CC=CC(CCCC(=O)OCC)OC(C)=O)OC(C)=O. The standard InChI is InChI=1S/C26H40O6/c1-5-7-8-9-10-13-17-24(31-22(3)27)18-14-11-12-15-19-25(32-23(4)28)20-16-21-26(29)30-6-2/h10-15,18-19,24-25H,5-9,16-17,20-21H2,1-4H3. The highest BCUT2D eigenvalue weighted by molar-refractivity contribution is 5.69. The van der Waals surface area contributed by atoms with E-state index >= 15 is 0 Å². The van der Waals surface area contributed by atoms with Crippen molar-refractivity contribution in [2.75, 3.05) is 6.61 Å². The first kappa shape index (κ1) is 29.4. The van der Waals surface area contributed by atoms with Gasteiger partial charge in [0.05, 0.1) is 6.61 Å². The molecule has 0 fully saturated rings. The zero-order valence-electron chi connectivity index (χ0n) is 20.1. The van der Waals surface area contributed by atoms with E-state index in [1.807, 2.05) is 24.3 Å². The zero-order valence-corrected chi connectivity index (χ0v) is 20.1. The minimum absolute atomic E-state index is 0.249. The molecule has 2 atom stereocenters. The molecule has 0 rings (SSSR count). The lowest BCUT2D eigenvalue weighted by molar-refractivity contribution is -0.145. The third-order valence-electron chi connectivity index (χ3n) is 4.30. The average Bonchev–Trinajstić information content (AvgIpc) is 2.72. The Hall–Kier alpha value is -2.63. The normalized spacial score (nSPS) is 13.8. The van der Waals surface area contributed by atoms with Crippen molar-refractivity contribution in [2.45, 2.75) is 91.3 Å². The van der Waals surface area contributed by atoms with Crippen LogP contribution in [-0.2, 0) is 28.6 Å². The number of unbranched alkanes of at least 4 members (excludes halogenated alkanes) is 3. The molecule has 0 aliphatic rings. The summed E-state index contributed by atoms with van der Waals surface area (Å²) in [7, 11) is 0. The second-order valence-electron chi connectivity index (χ2n) is 7.35. The lowest BCUT2D eigenvalue weighted by Gasteiger charge is -2.12. The van der Waals surface area contributed by atoms with Crippen molar-refractivity contribution in [3.63, 3.8) is 0 Å². The maximum atomic E-state index is 11.4. The molecular weight excluding hydrogens is 408 g/mol. The summed E-state index contributed by atoms with van der Waals surface area (Å²) in [6, 6.07) is 0. The van der Waals surface area contributed by atoms with Gasteiger partial charge in [0.1, 0.15) is 12.2 Å². The molecule has 6 nitrogen and oxygen atoms in total. The third-order valence-corrected chi connectivity index (χ3v) is 4.30. The minimum atomic E-state index is -0.401. The van der Waals surface area contributed by atoms with Crippen molar-refractivity contribution >= 4 is 17.9 Å². The lowest BCUT2D eigenvalue weighted by atomic mass is 10.1. The number of rotatable bonds is 17. The number of allylic oxidation sites excluding steroid dienone is 5. The van der Waals surface area contributed by atoms with Crippen LogP contribution < -0.4 is 0 Å². The van der Waals surface area contributed by atoms with Crippen molar-refractivity contribution in [3.8, 4) is 0 Å². The van der Waals surface area contributed by atoms with Gasteiger partial charge < -0.3 is 14.2 Å². The van der Waals surface area contributed by atoms with Gasteiger partial charge in [0, 0.05) is 26.7 Å². The van der Waals surface area contributed by atoms with Crippen LogP contribution in [0.1, 0.15) is 79.1 Å². The number of carbonyl (C=O) groups excluding carboxylic acids is 3. The lowest BCUT2D eigenvalue weighted by Crippen LogP contribution is -2.14. The van der Waals surface area contributed by atoms with Gasteiger partial charge in [-0.2, -0.15) is 0 Å². The highest BCUT2D eigenvalue weighted by Gasteiger charge is 2.10. The van der Waals surface area contributed by atoms with Crippen molar-refractivity contribution in [1.82, 2.24) is 0 Å². The van der Waals surface area contributed by atoms with E-state index in [2.05, 4.69) is 19.1 Å². The Morgan fingerprint density at radius 3 is 2.00 bits per heavy atom. The van der Waals surface area contributed by atoms with Crippen LogP contribution in [0.15, 0.2) is 48.6 Å². The van der Waals surface area contributed by atoms with Crippen LogP contribution in [0.2, 0.25) is 0 Å². The molecule has 0 aromatic carbocycles. The summed E-state index contributed by atoms with van der Waals surface area (Å²) in [4.78, 5) is 34.0. The van der Waals surface area contributed by atoms with Crippen molar-refractivity contribution < 1.29 is 28.6 Å². The summed E-state index contributed by atoms with van der Waals surface area (Å²) >= 11 is 0. The van der Waals surface area contributed by atoms with E-state index in [9.17, 15) is 14.4 Å². The van der Waals surface area contributed by atoms with Crippen LogP contribution in [0.5, 0.6) is 0 Å². The highest BCUT2D eigenvalue weighted by atomic mass is 16.5. The molecule has 0 aliphatic carbocycles. The predicted molar refractivity (Wildman–Crippen MR) is 127 cm³/mol. The summed E-state index contributed by atoms with van der Waals surface area (Å²) in [5, 5.41) is 0. The van der Waals surface area contributed by atoms with Gasteiger partial charge in [-0.1, -0.05) is 56.2 Å². The van der Waals surface area contributed by atoms with Gasteiger partial charge in [-0.3, -0.25) is 14.4 Å². The maximum Gasteiger partial charge on any atom is 0.305 e. The van der Waals surface area contributed by atoms with Crippen LogP contribution in [0.3, 0.4) is 0 Å². The van der Waals surface area contributed by atoms with Crippen LogP contribution in [0, 0.1) is 0 Å². The second kappa shape index (κ2) is 20.3. The van der Waals surface area contributed by atoms with E-state index in [0.29, 0.717) is 32.3 Å². The molecule has 180 valence electrons. The topological polar surface area (TPSA) is 78.9 Å². The Bertz CT molecular complexity index is 645. The third kappa shape index (κ3) is 19.3. The fourth-order valence-corrected chi connectivity index (χ4v) is 2.83. The Morgan fingerprint density at radius 2 is 1.41 bits per heavy atom. The summed E-state index contributed by atoms with van der Waals surface area (Å²) in [6.07, 6.45) is 21.0. The molecule has 0 amide bonds. The predicted octanol–water partition coefficient (Wildman–Crippen LogP) is 5.78. The summed E-state index contributed by atoms with van der Waals surface area (Å²) < 4.78 is 15.5. The molecule has 0 spiro atoms. The highest BCUT2D eigenvalue weighted by Crippen LogP contribution is 2.09. The molecule has 0 N–H and O–H groups in total. The first-order chi connectivity index (χ1) is 15.4. The molecule has 32 heavy (non-hydrogen) atoms. The quantitative estimate of drug-likeness (QED) is 0.0923.